The smallest absolute Gasteiger partial charge is 0.257 e. The Morgan fingerprint density at radius 2 is 1.74 bits per heavy atom. The largest absolute Gasteiger partial charge is 0.361 e. The lowest BCUT2D eigenvalue weighted by Crippen LogP contribution is -2.46. The maximum Gasteiger partial charge on any atom is 0.257 e. The van der Waals surface area contributed by atoms with Crippen LogP contribution in [0, 0.1) is 6.92 Å². The molecule has 0 aliphatic carbocycles. The van der Waals surface area contributed by atoms with Crippen LogP contribution < -0.4 is 4.90 Å². The number of nitrogens with zero attached hydrogens (tertiary/aromatic N) is 2. The Labute approximate surface area is 208 Å². The monoisotopic (exact) mass is 485 g/mol. The number of amides is 3. The summed E-state index contributed by atoms with van der Waals surface area (Å²) in [4.78, 5) is 46.2. The van der Waals surface area contributed by atoms with Crippen molar-refractivity contribution in [3.8, 4) is 0 Å². The van der Waals surface area contributed by atoms with Gasteiger partial charge in [-0.3, -0.25) is 14.4 Å². The number of aromatic amines is 1. The molecular weight excluding hydrogens is 462 g/mol. The molecular formula is C28H24ClN3O3. The zero-order valence-electron chi connectivity index (χ0n) is 19.2. The van der Waals surface area contributed by atoms with Gasteiger partial charge in [-0.05, 0) is 60.9 Å². The Morgan fingerprint density at radius 1 is 1.03 bits per heavy atom. The molecule has 1 unspecified atom stereocenters. The molecule has 4 aromatic rings. The SMILES string of the molecule is Cc1ccccc1C(=O)N(CCc1c[nH]c2ccccc12)C1CC(=O)N(c2ccc(Cl)cc2)C1=O. The van der Waals surface area contributed by atoms with Crippen LogP contribution in [0.4, 0.5) is 5.69 Å². The number of fused-ring (bicyclic) bond motifs is 1. The van der Waals surface area contributed by atoms with Crippen LogP contribution in [0.1, 0.15) is 27.9 Å². The Hall–Kier alpha value is -3.90. The fourth-order valence-electron chi connectivity index (χ4n) is 4.67. The summed E-state index contributed by atoms with van der Waals surface area (Å²) in [6, 6.07) is 20.9. The first kappa shape index (κ1) is 22.9. The molecule has 6 nitrogen and oxygen atoms in total. The normalized spacial score (nSPS) is 15.7. The summed E-state index contributed by atoms with van der Waals surface area (Å²) in [5.74, 6) is -0.998. The Kier molecular flexibility index (Phi) is 6.14. The molecule has 1 aromatic heterocycles. The van der Waals surface area contributed by atoms with Crippen molar-refractivity contribution >= 4 is 45.9 Å². The van der Waals surface area contributed by atoms with Gasteiger partial charge in [-0.15, -0.1) is 0 Å². The van der Waals surface area contributed by atoms with Gasteiger partial charge < -0.3 is 9.88 Å². The van der Waals surface area contributed by atoms with Crippen LogP contribution in [-0.4, -0.2) is 40.2 Å². The number of hydrogen-bond acceptors (Lipinski definition) is 3. The molecule has 176 valence electrons. The molecule has 7 heteroatoms. The molecule has 5 rings (SSSR count). The van der Waals surface area contributed by atoms with E-state index in [1.165, 1.54) is 0 Å². The lowest BCUT2D eigenvalue weighted by molar-refractivity contribution is -0.122. The number of carbonyl (C=O) groups excluding carboxylic acids is 3. The Balaban J connectivity index is 1.47. The first-order valence-electron chi connectivity index (χ1n) is 11.5. The summed E-state index contributed by atoms with van der Waals surface area (Å²) in [5.41, 5.74) is 3.86. The predicted molar refractivity (Wildman–Crippen MR) is 137 cm³/mol. The molecule has 1 saturated heterocycles. The third kappa shape index (κ3) is 4.33. The highest BCUT2D eigenvalue weighted by Crippen LogP contribution is 2.29. The van der Waals surface area contributed by atoms with E-state index in [-0.39, 0.29) is 18.2 Å². The fraction of sp³-hybridized carbons (Fsp3) is 0.179. The number of nitrogens with one attached hydrogen (secondary N) is 1. The lowest BCUT2D eigenvalue weighted by atomic mass is 10.0. The van der Waals surface area contributed by atoms with Gasteiger partial charge in [0.25, 0.3) is 11.8 Å². The van der Waals surface area contributed by atoms with Crippen molar-refractivity contribution in [3.05, 3.63) is 101 Å². The molecule has 3 aromatic carbocycles. The summed E-state index contributed by atoms with van der Waals surface area (Å²) in [6.45, 7) is 2.17. The van der Waals surface area contributed by atoms with Gasteiger partial charge in [0, 0.05) is 34.2 Å². The number of imide groups is 1. The van der Waals surface area contributed by atoms with Crippen LogP contribution in [0.5, 0.6) is 0 Å². The molecule has 0 radical (unpaired) electrons. The summed E-state index contributed by atoms with van der Waals surface area (Å²) in [5, 5.41) is 1.59. The molecule has 1 aliphatic heterocycles. The summed E-state index contributed by atoms with van der Waals surface area (Å²) in [6.07, 6.45) is 2.41. The molecule has 2 heterocycles. The number of aryl methyl sites for hydroxylation is 1. The minimum absolute atomic E-state index is 0.0625. The summed E-state index contributed by atoms with van der Waals surface area (Å²) >= 11 is 5.98. The maximum atomic E-state index is 13.7. The van der Waals surface area contributed by atoms with Gasteiger partial charge in [0.05, 0.1) is 12.1 Å². The minimum Gasteiger partial charge on any atom is -0.361 e. The van der Waals surface area contributed by atoms with Crippen molar-refractivity contribution in [2.24, 2.45) is 0 Å². The van der Waals surface area contributed by atoms with Gasteiger partial charge in [-0.2, -0.15) is 0 Å². The summed E-state index contributed by atoms with van der Waals surface area (Å²) < 4.78 is 0. The second-order valence-electron chi connectivity index (χ2n) is 8.69. The van der Waals surface area contributed by atoms with E-state index in [0.717, 1.165) is 26.9 Å². The van der Waals surface area contributed by atoms with Crippen LogP contribution in [0.15, 0.2) is 79.0 Å². The minimum atomic E-state index is -0.879. The number of hydrogen-bond donors (Lipinski definition) is 1. The molecule has 35 heavy (non-hydrogen) atoms. The molecule has 0 spiro atoms. The van der Waals surface area contributed by atoms with Gasteiger partial charge in [-0.1, -0.05) is 48.0 Å². The third-order valence-electron chi connectivity index (χ3n) is 6.52. The lowest BCUT2D eigenvalue weighted by Gasteiger charge is -2.28. The maximum absolute atomic E-state index is 13.7. The number of carbonyl (C=O) groups is 3. The Morgan fingerprint density at radius 3 is 2.51 bits per heavy atom. The number of para-hydroxylation sites is 1. The third-order valence-corrected chi connectivity index (χ3v) is 6.77. The van der Waals surface area contributed by atoms with Crippen LogP contribution in [0.2, 0.25) is 5.02 Å². The zero-order valence-corrected chi connectivity index (χ0v) is 20.0. The zero-order chi connectivity index (χ0) is 24.5. The van der Waals surface area contributed by atoms with E-state index in [4.69, 9.17) is 11.6 Å². The average molecular weight is 486 g/mol. The first-order valence-corrected chi connectivity index (χ1v) is 11.9. The van der Waals surface area contributed by atoms with Gasteiger partial charge in [0.1, 0.15) is 6.04 Å². The highest BCUT2D eigenvalue weighted by Gasteiger charge is 2.44. The summed E-state index contributed by atoms with van der Waals surface area (Å²) in [7, 11) is 0. The quantitative estimate of drug-likeness (QED) is 0.384. The van der Waals surface area contributed by atoms with Gasteiger partial charge >= 0.3 is 0 Å². The number of aromatic nitrogens is 1. The van der Waals surface area contributed by atoms with E-state index in [0.29, 0.717) is 29.2 Å². The van der Waals surface area contributed by atoms with Crippen molar-refractivity contribution in [1.82, 2.24) is 9.88 Å². The van der Waals surface area contributed by atoms with Crippen molar-refractivity contribution in [2.45, 2.75) is 25.8 Å². The predicted octanol–water partition coefficient (Wildman–Crippen LogP) is 5.15. The molecule has 0 bridgehead atoms. The molecule has 1 aliphatic rings. The first-order chi connectivity index (χ1) is 16.9. The number of benzene rings is 3. The molecule has 0 saturated carbocycles. The van der Waals surface area contributed by atoms with Crippen molar-refractivity contribution in [2.75, 3.05) is 11.4 Å². The van der Waals surface area contributed by atoms with E-state index in [1.807, 2.05) is 49.5 Å². The fourth-order valence-corrected chi connectivity index (χ4v) is 4.79. The van der Waals surface area contributed by atoms with Crippen LogP contribution in [0.25, 0.3) is 10.9 Å². The molecule has 1 atom stereocenters. The van der Waals surface area contributed by atoms with Crippen molar-refractivity contribution in [1.29, 1.82) is 0 Å². The van der Waals surface area contributed by atoms with Crippen LogP contribution in [0.3, 0.4) is 0 Å². The average Bonchev–Trinajstić information content (AvgIpc) is 3.40. The topological polar surface area (TPSA) is 73.5 Å². The van der Waals surface area contributed by atoms with E-state index >= 15 is 0 Å². The molecule has 3 amide bonds. The Bertz CT molecular complexity index is 1430. The number of halogens is 1. The van der Waals surface area contributed by atoms with Crippen molar-refractivity contribution < 1.29 is 14.4 Å². The second-order valence-corrected chi connectivity index (χ2v) is 9.12. The van der Waals surface area contributed by atoms with E-state index < -0.39 is 11.9 Å². The van der Waals surface area contributed by atoms with E-state index in [1.54, 1.807) is 41.3 Å². The van der Waals surface area contributed by atoms with Crippen LogP contribution in [-0.2, 0) is 16.0 Å². The number of anilines is 1. The number of H-pyrrole nitrogens is 1. The highest BCUT2D eigenvalue weighted by atomic mass is 35.5. The van der Waals surface area contributed by atoms with Gasteiger partial charge in [0.2, 0.25) is 5.91 Å². The molecule has 1 N–H and O–H groups in total. The van der Waals surface area contributed by atoms with E-state index in [2.05, 4.69) is 4.98 Å². The number of rotatable bonds is 6. The van der Waals surface area contributed by atoms with Crippen molar-refractivity contribution in [3.63, 3.8) is 0 Å². The standard InChI is InChI=1S/C28H24ClN3O3/c1-18-6-2-3-7-22(18)27(34)31(15-14-19-17-30-24-9-5-4-8-23(19)24)25-16-26(33)32(28(25)35)21-12-10-20(29)11-13-21/h2-13,17,25,30H,14-16H2,1H3. The highest BCUT2D eigenvalue weighted by molar-refractivity contribution is 6.31. The van der Waals surface area contributed by atoms with E-state index in [9.17, 15) is 14.4 Å². The second kappa shape index (κ2) is 9.39. The van der Waals surface area contributed by atoms with Crippen LogP contribution >= 0.6 is 11.6 Å². The van der Waals surface area contributed by atoms with Gasteiger partial charge in [-0.25, -0.2) is 4.90 Å². The molecule has 1 fully saturated rings. The van der Waals surface area contributed by atoms with Gasteiger partial charge in [0.15, 0.2) is 0 Å².